The molecule has 8 nitrogen and oxygen atoms in total. The number of carbonyl (C=O) groups is 1. The van der Waals surface area contributed by atoms with E-state index >= 15 is 0 Å². The van der Waals surface area contributed by atoms with Crippen molar-refractivity contribution >= 4 is 34.9 Å². The summed E-state index contributed by atoms with van der Waals surface area (Å²) in [5.41, 5.74) is 0.426. The summed E-state index contributed by atoms with van der Waals surface area (Å²) in [6.07, 6.45) is 0. The van der Waals surface area contributed by atoms with Gasteiger partial charge >= 0.3 is 11.7 Å². The van der Waals surface area contributed by atoms with Crippen molar-refractivity contribution in [3.05, 3.63) is 49.7 Å². The maximum atomic E-state index is 11.8. The van der Waals surface area contributed by atoms with Gasteiger partial charge in [-0.2, -0.15) is 5.10 Å². The van der Waals surface area contributed by atoms with Gasteiger partial charge in [0, 0.05) is 0 Å². The molecule has 0 unspecified atom stereocenters. The molecule has 0 aliphatic carbocycles. The molecule has 0 aliphatic heterocycles. The maximum Gasteiger partial charge on any atom is 0.327 e. The van der Waals surface area contributed by atoms with Crippen molar-refractivity contribution in [3.63, 3.8) is 0 Å². The molecule has 0 spiro atoms. The summed E-state index contributed by atoms with van der Waals surface area (Å²) in [6.45, 7) is 2.84. The van der Waals surface area contributed by atoms with Crippen LogP contribution in [0.4, 0.5) is 5.69 Å². The molecule has 1 heterocycles. The number of rotatable bonds is 7. The lowest BCUT2D eigenvalue weighted by Gasteiger charge is -2.10. The van der Waals surface area contributed by atoms with E-state index in [-0.39, 0.29) is 31.1 Å². The minimum absolute atomic E-state index is 0.0260. The van der Waals surface area contributed by atoms with Crippen LogP contribution in [0.2, 0.25) is 10.0 Å². The van der Waals surface area contributed by atoms with E-state index < -0.39 is 10.9 Å². The second kappa shape index (κ2) is 8.17. The highest BCUT2D eigenvalue weighted by Gasteiger charge is 2.23. The van der Waals surface area contributed by atoms with Crippen molar-refractivity contribution < 1.29 is 19.2 Å². The van der Waals surface area contributed by atoms with Crippen LogP contribution in [-0.2, 0) is 16.1 Å². The van der Waals surface area contributed by atoms with Crippen LogP contribution in [0.5, 0.6) is 5.75 Å². The van der Waals surface area contributed by atoms with Crippen molar-refractivity contribution in [1.29, 1.82) is 0 Å². The Morgan fingerprint density at radius 1 is 1.28 bits per heavy atom. The fourth-order valence-electron chi connectivity index (χ4n) is 2.19. The van der Waals surface area contributed by atoms with Crippen LogP contribution in [0.1, 0.15) is 11.4 Å². The van der Waals surface area contributed by atoms with Crippen molar-refractivity contribution in [2.24, 2.45) is 0 Å². The van der Waals surface area contributed by atoms with Gasteiger partial charge in [0.1, 0.15) is 31.1 Å². The Kier molecular flexibility index (Phi) is 6.22. The fourth-order valence-corrected chi connectivity index (χ4v) is 2.70. The molecule has 2 rings (SSSR count). The number of nitro groups is 1. The normalized spacial score (nSPS) is 10.6. The lowest BCUT2D eigenvalue weighted by atomic mass is 10.3. The Morgan fingerprint density at radius 3 is 2.48 bits per heavy atom. The van der Waals surface area contributed by atoms with Crippen LogP contribution in [0.25, 0.3) is 0 Å². The summed E-state index contributed by atoms with van der Waals surface area (Å²) in [4.78, 5) is 22.3. The van der Waals surface area contributed by atoms with E-state index in [1.54, 1.807) is 18.2 Å². The van der Waals surface area contributed by atoms with Gasteiger partial charge in [-0.3, -0.25) is 19.6 Å². The molecule has 0 N–H and O–H groups in total. The number of para-hydroxylation sites is 1. The van der Waals surface area contributed by atoms with Crippen LogP contribution in [0.3, 0.4) is 0 Å². The van der Waals surface area contributed by atoms with Gasteiger partial charge in [0.25, 0.3) is 0 Å². The van der Waals surface area contributed by atoms with Crippen LogP contribution in [-0.4, -0.2) is 33.9 Å². The summed E-state index contributed by atoms with van der Waals surface area (Å²) in [7, 11) is 0. The van der Waals surface area contributed by atoms with Crippen LogP contribution < -0.4 is 4.74 Å². The van der Waals surface area contributed by atoms with E-state index in [2.05, 4.69) is 5.10 Å². The van der Waals surface area contributed by atoms with E-state index in [0.29, 0.717) is 21.5 Å². The predicted octanol–water partition coefficient (Wildman–Crippen LogP) is 3.34. The fraction of sp³-hybridized carbons (Fsp3) is 0.333. The predicted molar refractivity (Wildman–Crippen MR) is 91.3 cm³/mol. The second-order valence-corrected chi connectivity index (χ2v) is 5.87. The average Bonchev–Trinajstić information content (AvgIpc) is 2.80. The van der Waals surface area contributed by atoms with Crippen LogP contribution >= 0.6 is 23.2 Å². The molecule has 0 saturated carbocycles. The highest BCUT2D eigenvalue weighted by atomic mass is 35.5. The number of hydrogen-bond donors (Lipinski definition) is 0. The molecule has 2 aromatic rings. The van der Waals surface area contributed by atoms with E-state index in [4.69, 9.17) is 32.7 Å². The lowest BCUT2D eigenvalue weighted by molar-refractivity contribution is -0.386. The summed E-state index contributed by atoms with van der Waals surface area (Å²) >= 11 is 11.9. The Hall–Kier alpha value is -2.32. The van der Waals surface area contributed by atoms with E-state index in [1.807, 2.05) is 0 Å². The van der Waals surface area contributed by atoms with Crippen molar-refractivity contribution in [3.8, 4) is 5.75 Å². The van der Waals surface area contributed by atoms with E-state index in [0.717, 1.165) is 0 Å². The zero-order valence-corrected chi connectivity index (χ0v) is 15.0. The SMILES string of the molecule is Cc1nn(CC(=O)OCCOc2c(Cl)cccc2Cl)c(C)c1[N+](=O)[O-]. The van der Waals surface area contributed by atoms with Crippen LogP contribution in [0, 0.1) is 24.0 Å². The quantitative estimate of drug-likeness (QED) is 0.312. The first-order valence-electron chi connectivity index (χ1n) is 7.22. The molecule has 0 atom stereocenters. The van der Waals surface area contributed by atoms with Gasteiger partial charge < -0.3 is 9.47 Å². The highest BCUT2D eigenvalue weighted by molar-refractivity contribution is 6.37. The minimum Gasteiger partial charge on any atom is -0.487 e. The van der Waals surface area contributed by atoms with Crippen molar-refractivity contribution in [2.75, 3.05) is 13.2 Å². The number of benzene rings is 1. The van der Waals surface area contributed by atoms with Crippen molar-refractivity contribution in [2.45, 2.75) is 20.4 Å². The molecular formula is C15H15Cl2N3O5. The number of carbonyl (C=O) groups excluding carboxylic acids is 1. The number of aromatic nitrogens is 2. The van der Waals surface area contributed by atoms with Gasteiger partial charge in [0.15, 0.2) is 5.75 Å². The van der Waals surface area contributed by atoms with Gasteiger partial charge in [-0.25, -0.2) is 0 Å². The van der Waals surface area contributed by atoms with Crippen molar-refractivity contribution in [1.82, 2.24) is 9.78 Å². The summed E-state index contributed by atoms with van der Waals surface area (Å²) in [5.74, 6) is -0.273. The summed E-state index contributed by atoms with van der Waals surface area (Å²) < 4.78 is 11.7. The van der Waals surface area contributed by atoms with E-state index in [1.165, 1.54) is 18.5 Å². The summed E-state index contributed by atoms with van der Waals surface area (Å²) in [6, 6.07) is 4.94. The monoisotopic (exact) mass is 387 g/mol. The molecule has 0 bridgehead atoms. The molecule has 10 heteroatoms. The molecule has 134 valence electrons. The van der Waals surface area contributed by atoms with Gasteiger partial charge in [0.05, 0.1) is 15.0 Å². The molecule has 1 aromatic heterocycles. The molecule has 0 amide bonds. The maximum absolute atomic E-state index is 11.8. The number of esters is 1. The average molecular weight is 388 g/mol. The molecule has 1 aromatic carbocycles. The third-order valence-electron chi connectivity index (χ3n) is 3.32. The van der Waals surface area contributed by atoms with E-state index in [9.17, 15) is 14.9 Å². The third-order valence-corrected chi connectivity index (χ3v) is 3.91. The first-order valence-corrected chi connectivity index (χ1v) is 7.97. The number of aryl methyl sites for hydroxylation is 1. The smallest absolute Gasteiger partial charge is 0.327 e. The first kappa shape index (κ1) is 19.0. The topological polar surface area (TPSA) is 96.5 Å². The minimum atomic E-state index is -0.589. The highest BCUT2D eigenvalue weighted by Crippen LogP contribution is 2.32. The molecule has 25 heavy (non-hydrogen) atoms. The van der Waals surface area contributed by atoms with Crippen LogP contribution in [0.15, 0.2) is 18.2 Å². The molecule has 0 fully saturated rings. The standard InChI is InChI=1S/C15H15Cl2N3O5/c1-9-14(20(22)23)10(2)19(18-9)8-13(21)24-6-7-25-15-11(16)4-3-5-12(15)17/h3-5H,6-8H2,1-2H3. The van der Waals surface area contributed by atoms with Gasteiger partial charge in [0.2, 0.25) is 0 Å². The Labute approximate surface area is 153 Å². The summed E-state index contributed by atoms with van der Waals surface area (Å²) in [5, 5.41) is 15.6. The zero-order chi connectivity index (χ0) is 18.6. The van der Waals surface area contributed by atoms with Gasteiger partial charge in [-0.05, 0) is 26.0 Å². The number of ether oxygens (including phenoxy) is 2. The largest absolute Gasteiger partial charge is 0.487 e. The molecular weight excluding hydrogens is 373 g/mol. The lowest BCUT2D eigenvalue weighted by Crippen LogP contribution is -2.18. The first-order chi connectivity index (χ1) is 11.8. The molecule has 0 aliphatic rings. The number of hydrogen-bond acceptors (Lipinski definition) is 6. The van der Waals surface area contributed by atoms with Gasteiger partial charge in [-0.1, -0.05) is 29.3 Å². The second-order valence-electron chi connectivity index (χ2n) is 5.05. The Morgan fingerprint density at radius 2 is 1.92 bits per heavy atom. The third kappa shape index (κ3) is 4.61. The number of halogens is 2. The molecule has 0 radical (unpaired) electrons. The Bertz CT molecular complexity index is 786. The van der Waals surface area contributed by atoms with Gasteiger partial charge in [-0.15, -0.1) is 0 Å². The Balaban J connectivity index is 1.86. The zero-order valence-electron chi connectivity index (χ0n) is 13.5. The molecule has 0 saturated heterocycles. The number of nitrogens with zero attached hydrogens (tertiary/aromatic N) is 3.